The number of aromatic nitrogens is 1. The summed E-state index contributed by atoms with van der Waals surface area (Å²) >= 11 is 6.18. The lowest BCUT2D eigenvalue weighted by Gasteiger charge is -2.13. The van der Waals surface area contributed by atoms with Crippen LogP contribution in [0.5, 0.6) is 0 Å². The first-order chi connectivity index (χ1) is 12.1. The molecule has 2 N–H and O–H groups in total. The number of nitrogens with one attached hydrogen (secondary N) is 1. The van der Waals surface area contributed by atoms with Crippen LogP contribution >= 0.6 is 11.6 Å². The maximum atomic E-state index is 13.3. The molecule has 0 fully saturated rings. The Bertz CT molecular complexity index is 858. The second-order valence-electron chi connectivity index (χ2n) is 6.20. The SMILES string of the molecule is CC[C@H](CO)NCc1cn(Cc2ccc(F)cc2Cl)c2ccccc12. The first-order valence-electron chi connectivity index (χ1n) is 8.47. The highest BCUT2D eigenvalue weighted by Gasteiger charge is 2.11. The first kappa shape index (κ1) is 17.9. The minimum Gasteiger partial charge on any atom is -0.395 e. The summed E-state index contributed by atoms with van der Waals surface area (Å²) in [4.78, 5) is 0. The van der Waals surface area contributed by atoms with Gasteiger partial charge in [0.05, 0.1) is 6.61 Å². The molecule has 1 atom stereocenters. The van der Waals surface area contributed by atoms with Crippen molar-refractivity contribution < 1.29 is 9.50 Å². The molecule has 0 radical (unpaired) electrons. The smallest absolute Gasteiger partial charge is 0.124 e. The largest absolute Gasteiger partial charge is 0.395 e. The summed E-state index contributed by atoms with van der Waals surface area (Å²) in [7, 11) is 0. The molecule has 0 aliphatic heterocycles. The van der Waals surface area contributed by atoms with Crippen LogP contribution in [0.2, 0.25) is 5.02 Å². The Labute approximate surface area is 152 Å². The van der Waals surface area contributed by atoms with Crippen molar-refractivity contribution >= 4 is 22.5 Å². The summed E-state index contributed by atoms with van der Waals surface area (Å²) in [6, 6.07) is 12.8. The first-order valence-corrected chi connectivity index (χ1v) is 8.85. The Balaban J connectivity index is 1.90. The van der Waals surface area contributed by atoms with Gasteiger partial charge >= 0.3 is 0 Å². The highest BCUT2D eigenvalue weighted by atomic mass is 35.5. The van der Waals surface area contributed by atoms with Gasteiger partial charge in [0.2, 0.25) is 0 Å². The predicted octanol–water partition coefficient (Wildman–Crippen LogP) is 4.34. The monoisotopic (exact) mass is 360 g/mol. The molecule has 1 aromatic heterocycles. The summed E-state index contributed by atoms with van der Waals surface area (Å²) in [5.41, 5.74) is 3.16. The van der Waals surface area contributed by atoms with Gasteiger partial charge in [-0.15, -0.1) is 0 Å². The third kappa shape index (κ3) is 4.03. The number of aliphatic hydroxyl groups excluding tert-OH is 1. The molecule has 0 saturated heterocycles. The third-order valence-corrected chi connectivity index (χ3v) is 4.87. The fourth-order valence-corrected chi connectivity index (χ4v) is 3.25. The van der Waals surface area contributed by atoms with Crippen molar-refractivity contribution in [2.75, 3.05) is 6.61 Å². The normalized spacial score (nSPS) is 12.6. The van der Waals surface area contributed by atoms with Gasteiger partial charge in [-0.1, -0.05) is 42.8 Å². The lowest BCUT2D eigenvalue weighted by atomic mass is 10.1. The van der Waals surface area contributed by atoms with E-state index in [1.54, 1.807) is 6.07 Å². The van der Waals surface area contributed by atoms with Crippen molar-refractivity contribution in [3.63, 3.8) is 0 Å². The van der Waals surface area contributed by atoms with Crippen LogP contribution in [0.1, 0.15) is 24.5 Å². The van der Waals surface area contributed by atoms with Gasteiger partial charge in [0.15, 0.2) is 0 Å². The number of hydrogen-bond acceptors (Lipinski definition) is 2. The second-order valence-corrected chi connectivity index (χ2v) is 6.61. The van der Waals surface area contributed by atoms with Gasteiger partial charge in [-0.2, -0.15) is 0 Å². The van der Waals surface area contributed by atoms with Crippen LogP contribution in [0, 0.1) is 5.82 Å². The number of nitrogens with zero attached hydrogens (tertiary/aromatic N) is 1. The molecule has 0 spiro atoms. The molecule has 0 aliphatic carbocycles. The summed E-state index contributed by atoms with van der Waals surface area (Å²) in [6.07, 6.45) is 2.97. The number of halogens is 2. The van der Waals surface area contributed by atoms with Gasteiger partial charge < -0.3 is 15.0 Å². The Morgan fingerprint density at radius 1 is 1.20 bits per heavy atom. The fourth-order valence-electron chi connectivity index (χ4n) is 3.02. The predicted molar refractivity (Wildman–Crippen MR) is 100 cm³/mol. The van der Waals surface area contributed by atoms with E-state index < -0.39 is 0 Å². The lowest BCUT2D eigenvalue weighted by Crippen LogP contribution is -2.31. The van der Waals surface area contributed by atoms with Crippen LogP contribution in [0.4, 0.5) is 4.39 Å². The van der Waals surface area contributed by atoms with Crippen LogP contribution in [-0.4, -0.2) is 22.3 Å². The van der Waals surface area contributed by atoms with Gasteiger partial charge in [-0.3, -0.25) is 0 Å². The molecule has 3 rings (SSSR count). The van der Waals surface area contributed by atoms with E-state index in [1.807, 2.05) is 19.1 Å². The van der Waals surface area contributed by atoms with Gasteiger partial charge in [0.1, 0.15) is 5.82 Å². The molecule has 2 aromatic carbocycles. The number of hydrogen-bond donors (Lipinski definition) is 2. The van der Waals surface area contributed by atoms with Gasteiger partial charge in [0, 0.05) is 41.3 Å². The average molecular weight is 361 g/mol. The molecule has 0 saturated carbocycles. The van der Waals surface area contributed by atoms with Crippen LogP contribution in [-0.2, 0) is 13.1 Å². The van der Waals surface area contributed by atoms with E-state index in [9.17, 15) is 9.50 Å². The zero-order valence-electron chi connectivity index (χ0n) is 14.2. The average Bonchev–Trinajstić information content (AvgIpc) is 2.96. The van der Waals surface area contributed by atoms with Gasteiger partial charge in [-0.05, 0) is 35.7 Å². The van der Waals surface area contributed by atoms with E-state index in [4.69, 9.17) is 11.6 Å². The van der Waals surface area contributed by atoms with Crippen molar-refractivity contribution in [3.05, 3.63) is 70.6 Å². The van der Waals surface area contributed by atoms with Crippen molar-refractivity contribution in [1.82, 2.24) is 9.88 Å². The Hall–Kier alpha value is -1.88. The quantitative estimate of drug-likeness (QED) is 0.657. The van der Waals surface area contributed by atoms with E-state index in [0.29, 0.717) is 18.1 Å². The molecule has 1 heterocycles. The fraction of sp³-hybridized carbons (Fsp3) is 0.300. The molecule has 0 unspecified atom stereocenters. The topological polar surface area (TPSA) is 37.2 Å². The number of aliphatic hydroxyl groups is 1. The Morgan fingerprint density at radius 3 is 2.72 bits per heavy atom. The molecule has 3 aromatic rings. The third-order valence-electron chi connectivity index (χ3n) is 4.52. The van der Waals surface area contributed by atoms with E-state index in [1.165, 1.54) is 23.1 Å². The summed E-state index contributed by atoms with van der Waals surface area (Å²) in [6.45, 7) is 3.44. The minimum absolute atomic E-state index is 0.0913. The standard InChI is InChI=1S/C20H22ClFN2O/c1-2-17(13-25)23-10-15-12-24(20-6-4-3-5-18(15)20)11-14-7-8-16(22)9-19(14)21/h3-9,12,17,23,25H,2,10-11,13H2,1H3/t17-/m1/s1. The molecular weight excluding hydrogens is 339 g/mol. The Kier molecular flexibility index (Phi) is 5.74. The molecule has 0 aliphatic rings. The molecule has 0 amide bonds. The Morgan fingerprint density at radius 2 is 2.00 bits per heavy atom. The summed E-state index contributed by atoms with van der Waals surface area (Å²) in [5, 5.41) is 14.3. The van der Waals surface area contributed by atoms with E-state index in [-0.39, 0.29) is 18.5 Å². The molecule has 25 heavy (non-hydrogen) atoms. The van der Waals surface area contributed by atoms with Gasteiger partial charge in [-0.25, -0.2) is 4.39 Å². The molecule has 3 nitrogen and oxygen atoms in total. The number of fused-ring (bicyclic) bond motifs is 1. The number of rotatable bonds is 7. The molecular formula is C20H22ClFN2O. The van der Waals surface area contributed by atoms with E-state index in [0.717, 1.165) is 17.5 Å². The maximum Gasteiger partial charge on any atom is 0.124 e. The maximum absolute atomic E-state index is 13.3. The number of para-hydroxylation sites is 1. The van der Waals surface area contributed by atoms with Crippen LogP contribution < -0.4 is 5.32 Å². The van der Waals surface area contributed by atoms with E-state index >= 15 is 0 Å². The zero-order chi connectivity index (χ0) is 17.8. The van der Waals surface area contributed by atoms with Crippen LogP contribution in [0.15, 0.2) is 48.7 Å². The second kappa shape index (κ2) is 8.00. The van der Waals surface area contributed by atoms with Crippen LogP contribution in [0.3, 0.4) is 0 Å². The summed E-state index contributed by atoms with van der Waals surface area (Å²) in [5.74, 6) is -0.328. The minimum atomic E-state index is -0.328. The van der Waals surface area contributed by atoms with Crippen molar-refractivity contribution in [2.45, 2.75) is 32.5 Å². The molecule has 0 bridgehead atoms. The lowest BCUT2D eigenvalue weighted by molar-refractivity contribution is 0.238. The van der Waals surface area contributed by atoms with Crippen LogP contribution in [0.25, 0.3) is 10.9 Å². The van der Waals surface area contributed by atoms with Gasteiger partial charge in [0.25, 0.3) is 0 Å². The molecule has 132 valence electrons. The highest BCUT2D eigenvalue weighted by Crippen LogP contribution is 2.25. The summed E-state index contributed by atoms with van der Waals surface area (Å²) < 4.78 is 15.4. The van der Waals surface area contributed by atoms with Crippen molar-refractivity contribution in [1.29, 1.82) is 0 Å². The zero-order valence-corrected chi connectivity index (χ0v) is 14.9. The van der Waals surface area contributed by atoms with E-state index in [2.05, 4.69) is 28.2 Å². The highest BCUT2D eigenvalue weighted by molar-refractivity contribution is 6.31. The van der Waals surface area contributed by atoms with Crippen molar-refractivity contribution in [2.24, 2.45) is 0 Å². The van der Waals surface area contributed by atoms with Crippen molar-refractivity contribution in [3.8, 4) is 0 Å². The number of benzene rings is 2. The molecule has 5 heteroatoms.